The Hall–Kier alpha value is -2.70. The number of rotatable bonds is 9. The van der Waals surface area contributed by atoms with Gasteiger partial charge < -0.3 is 15.0 Å². The van der Waals surface area contributed by atoms with Crippen molar-refractivity contribution >= 4 is 17.4 Å². The molecular weight excluding hydrogens is 340 g/mol. The smallest absolute Gasteiger partial charge is 0.387 e. The van der Waals surface area contributed by atoms with Crippen LogP contribution in [0, 0.1) is 0 Å². The van der Waals surface area contributed by atoms with E-state index in [0.717, 1.165) is 24.5 Å². The maximum absolute atomic E-state index is 12.1. The van der Waals surface area contributed by atoms with Crippen LogP contribution >= 0.6 is 0 Å². The van der Waals surface area contributed by atoms with Gasteiger partial charge in [-0.25, -0.2) is 4.98 Å². The number of halogens is 2. The predicted octanol–water partition coefficient (Wildman–Crippen LogP) is 4.10. The number of amides is 1. The average Bonchev–Trinajstić information content (AvgIpc) is 2.63. The molecule has 0 aliphatic heterocycles. The van der Waals surface area contributed by atoms with E-state index in [2.05, 4.69) is 33.8 Å². The molecule has 0 spiro atoms. The van der Waals surface area contributed by atoms with Gasteiger partial charge in [-0.3, -0.25) is 4.79 Å². The van der Waals surface area contributed by atoms with E-state index < -0.39 is 6.61 Å². The van der Waals surface area contributed by atoms with Crippen LogP contribution in [-0.2, 0) is 11.2 Å². The number of carbonyl (C=O) groups is 1. The first-order chi connectivity index (χ1) is 12.5. The third kappa shape index (κ3) is 5.98. The van der Waals surface area contributed by atoms with Crippen LogP contribution in [0.3, 0.4) is 0 Å². The van der Waals surface area contributed by atoms with Crippen LogP contribution in [0.4, 0.5) is 20.3 Å². The highest BCUT2D eigenvalue weighted by molar-refractivity contribution is 5.90. The fourth-order valence-electron chi connectivity index (χ4n) is 2.51. The highest BCUT2D eigenvalue weighted by Crippen LogP contribution is 2.17. The largest absolute Gasteiger partial charge is 0.435 e. The van der Waals surface area contributed by atoms with Crippen LogP contribution in [0.5, 0.6) is 5.75 Å². The molecule has 1 aromatic heterocycles. The number of aryl methyl sites for hydroxylation is 1. The topological polar surface area (TPSA) is 54.5 Å². The lowest BCUT2D eigenvalue weighted by Crippen LogP contribution is -2.22. The van der Waals surface area contributed by atoms with Gasteiger partial charge in [0.1, 0.15) is 11.6 Å². The van der Waals surface area contributed by atoms with Gasteiger partial charge in [-0.1, -0.05) is 12.1 Å². The summed E-state index contributed by atoms with van der Waals surface area (Å²) in [5, 5.41) is 2.81. The molecule has 1 amide bonds. The Morgan fingerprint density at radius 2 is 1.85 bits per heavy atom. The standard InChI is InChI=1S/C19H23F2N3O2/c1-3-24(4-2)17-11-8-15(13-22-17)23-18(25)12-7-14-5-9-16(10-6-14)26-19(20)21/h5-6,8-11,13,19H,3-4,7,12H2,1-2H3,(H,23,25). The van der Waals surface area contributed by atoms with Gasteiger partial charge in [-0.15, -0.1) is 0 Å². The first kappa shape index (κ1) is 19.6. The third-order valence-electron chi connectivity index (χ3n) is 3.91. The lowest BCUT2D eigenvalue weighted by atomic mass is 10.1. The molecule has 0 bridgehead atoms. The van der Waals surface area contributed by atoms with E-state index in [0.29, 0.717) is 12.1 Å². The highest BCUT2D eigenvalue weighted by atomic mass is 19.3. The lowest BCUT2D eigenvalue weighted by molar-refractivity contribution is -0.116. The van der Waals surface area contributed by atoms with Gasteiger partial charge in [0.25, 0.3) is 0 Å². The van der Waals surface area contributed by atoms with Gasteiger partial charge in [0.15, 0.2) is 0 Å². The van der Waals surface area contributed by atoms with Gasteiger partial charge in [0.2, 0.25) is 5.91 Å². The SMILES string of the molecule is CCN(CC)c1ccc(NC(=O)CCc2ccc(OC(F)F)cc2)cn1. The summed E-state index contributed by atoms with van der Waals surface area (Å²) >= 11 is 0. The van der Waals surface area contributed by atoms with Gasteiger partial charge in [0.05, 0.1) is 11.9 Å². The summed E-state index contributed by atoms with van der Waals surface area (Å²) in [7, 11) is 0. The fraction of sp³-hybridized carbons (Fsp3) is 0.368. The Morgan fingerprint density at radius 1 is 1.15 bits per heavy atom. The van der Waals surface area contributed by atoms with Gasteiger partial charge in [-0.05, 0) is 50.1 Å². The quantitative estimate of drug-likeness (QED) is 0.729. The fourth-order valence-corrected chi connectivity index (χ4v) is 2.51. The molecule has 0 fully saturated rings. The van der Waals surface area contributed by atoms with E-state index in [9.17, 15) is 13.6 Å². The summed E-state index contributed by atoms with van der Waals surface area (Å²) in [6.07, 6.45) is 2.43. The number of alkyl halides is 2. The minimum absolute atomic E-state index is 0.104. The molecule has 0 unspecified atom stereocenters. The van der Waals surface area contributed by atoms with Crippen molar-refractivity contribution in [2.24, 2.45) is 0 Å². The zero-order valence-electron chi connectivity index (χ0n) is 14.9. The highest BCUT2D eigenvalue weighted by Gasteiger charge is 2.07. The number of aromatic nitrogens is 1. The van der Waals surface area contributed by atoms with Crippen molar-refractivity contribution in [3.05, 3.63) is 48.2 Å². The molecule has 1 heterocycles. The molecule has 0 saturated carbocycles. The summed E-state index contributed by atoms with van der Waals surface area (Å²) in [6.45, 7) is 3.03. The Labute approximate surface area is 152 Å². The second kappa shape index (κ2) is 9.70. The van der Waals surface area contributed by atoms with Crippen molar-refractivity contribution in [3.63, 3.8) is 0 Å². The van der Waals surface area contributed by atoms with Gasteiger partial charge in [-0.2, -0.15) is 8.78 Å². The van der Waals surface area contributed by atoms with Crippen molar-refractivity contribution in [1.82, 2.24) is 4.98 Å². The van der Waals surface area contributed by atoms with E-state index in [1.54, 1.807) is 18.3 Å². The second-order valence-corrected chi connectivity index (χ2v) is 5.65. The van der Waals surface area contributed by atoms with E-state index in [-0.39, 0.29) is 18.1 Å². The van der Waals surface area contributed by atoms with Crippen molar-refractivity contribution in [3.8, 4) is 5.75 Å². The number of hydrogen-bond donors (Lipinski definition) is 1. The molecule has 0 aliphatic rings. The number of nitrogens with zero attached hydrogens (tertiary/aromatic N) is 2. The van der Waals surface area contributed by atoms with E-state index in [4.69, 9.17) is 0 Å². The first-order valence-electron chi connectivity index (χ1n) is 8.56. The summed E-state index contributed by atoms with van der Waals surface area (Å²) < 4.78 is 28.5. The van der Waals surface area contributed by atoms with Crippen molar-refractivity contribution in [2.75, 3.05) is 23.3 Å². The van der Waals surface area contributed by atoms with Gasteiger partial charge in [0, 0.05) is 19.5 Å². The minimum Gasteiger partial charge on any atom is -0.435 e. The number of ether oxygens (including phenoxy) is 1. The number of benzene rings is 1. The predicted molar refractivity (Wildman–Crippen MR) is 97.8 cm³/mol. The zero-order valence-corrected chi connectivity index (χ0v) is 14.9. The number of anilines is 2. The number of pyridine rings is 1. The molecule has 0 radical (unpaired) electrons. The molecule has 2 aromatic rings. The van der Waals surface area contributed by atoms with Crippen LogP contribution in [0.25, 0.3) is 0 Å². The van der Waals surface area contributed by atoms with Crippen molar-refractivity contribution < 1.29 is 18.3 Å². The summed E-state index contributed by atoms with van der Waals surface area (Å²) in [5.41, 5.74) is 1.52. The Balaban J connectivity index is 1.83. The molecule has 0 aliphatic carbocycles. The maximum Gasteiger partial charge on any atom is 0.387 e. The maximum atomic E-state index is 12.1. The van der Waals surface area contributed by atoms with Crippen molar-refractivity contribution in [1.29, 1.82) is 0 Å². The molecule has 26 heavy (non-hydrogen) atoms. The molecule has 1 aromatic carbocycles. The number of nitrogens with one attached hydrogen (secondary N) is 1. The Kier molecular flexibility index (Phi) is 7.32. The first-order valence-corrected chi connectivity index (χ1v) is 8.56. The van der Waals surface area contributed by atoms with E-state index in [1.165, 1.54) is 12.1 Å². The minimum atomic E-state index is -2.84. The van der Waals surface area contributed by atoms with Gasteiger partial charge >= 0.3 is 6.61 Å². The van der Waals surface area contributed by atoms with Crippen LogP contribution in [0.2, 0.25) is 0 Å². The average molecular weight is 363 g/mol. The normalized spacial score (nSPS) is 10.7. The summed E-state index contributed by atoms with van der Waals surface area (Å²) in [6, 6.07) is 9.99. The molecule has 0 atom stereocenters. The monoisotopic (exact) mass is 363 g/mol. The molecule has 140 valence electrons. The molecular formula is C19H23F2N3O2. The lowest BCUT2D eigenvalue weighted by Gasteiger charge is -2.19. The van der Waals surface area contributed by atoms with Crippen LogP contribution < -0.4 is 15.0 Å². The molecule has 5 nitrogen and oxygen atoms in total. The van der Waals surface area contributed by atoms with E-state index >= 15 is 0 Å². The number of carbonyl (C=O) groups excluding carboxylic acids is 1. The van der Waals surface area contributed by atoms with Crippen molar-refractivity contribution in [2.45, 2.75) is 33.3 Å². The third-order valence-corrected chi connectivity index (χ3v) is 3.91. The Morgan fingerprint density at radius 3 is 2.38 bits per heavy atom. The summed E-state index contributed by atoms with van der Waals surface area (Å²) in [4.78, 5) is 18.5. The van der Waals surface area contributed by atoms with Crippen LogP contribution in [-0.4, -0.2) is 30.6 Å². The second-order valence-electron chi connectivity index (χ2n) is 5.65. The zero-order chi connectivity index (χ0) is 18.9. The molecule has 1 N–H and O–H groups in total. The molecule has 0 saturated heterocycles. The summed E-state index contributed by atoms with van der Waals surface area (Å²) in [5.74, 6) is 0.849. The number of hydrogen-bond acceptors (Lipinski definition) is 4. The molecule has 7 heteroatoms. The Bertz CT molecular complexity index is 687. The van der Waals surface area contributed by atoms with E-state index in [1.807, 2.05) is 12.1 Å². The van der Waals surface area contributed by atoms with Crippen LogP contribution in [0.15, 0.2) is 42.6 Å². The molecule has 2 rings (SSSR count). The van der Waals surface area contributed by atoms with Crippen LogP contribution in [0.1, 0.15) is 25.8 Å².